The predicted octanol–water partition coefficient (Wildman–Crippen LogP) is 2.83. The van der Waals surface area contributed by atoms with E-state index >= 15 is 0 Å². The van der Waals surface area contributed by atoms with Crippen LogP contribution in [0.5, 0.6) is 0 Å². The number of aliphatic carboxylic acids is 1. The molecule has 0 aliphatic carbocycles. The second-order valence-corrected chi connectivity index (χ2v) is 5.72. The van der Waals surface area contributed by atoms with Crippen molar-refractivity contribution < 1.29 is 14.7 Å². The first kappa shape index (κ1) is 15.7. The number of hydrogen-bond acceptors (Lipinski definition) is 3. The number of nitrogens with one attached hydrogen (secondary N) is 1. The van der Waals surface area contributed by atoms with Gasteiger partial charge in [0.25, 0.3) is 0 Å². The van der Waals surface area contributed by atoms with Gasteiger partial charge in [-0.15, -0.1) is 11.3 Å². The maximum absolute atomic E-state index is 11.7. The van der Waals surface area contributed by atoms with E-state index < -0.39 is 5.97 Å². The molecule has 0 fully saturated rings. The largest absolute Gasteiger partial charge is 0.481 e. The molecule has 1 heterocycles. The van der Waals surface area contributed by atoms with Gasteiger partial charge in [0, 0.05) is 23.8 Å². The molecule has 1 aromatic heterocycles. The number of carboxylic acid groups (broad SMARTS) is 1. The normalized spacial score (nSPS) is 12.1. The lowest BCUT2D eigenvalue weighted by molar-refractivity contribution is -0.137. The zero-order chi connectivity index (χ0) is 14.1. The Labute approximate surface area is 117 Å². The molecule has 106 valence electrons. The van der Waals surface area contributed by atoms with E-state index in [1.54, 1.807) is 11.3 Å². The summed E-state index contributed by atoms with van der Waals surface area (Å²) in [7, 11) is 0. The van der Waals surface area contributed by atoms with Crippen LogP contribution in [0.3, 0.4) is 0 Å². The van der Waals surface area contributed by atoms with Crippen LogP contribution < -0.4 is 5.32 Å². The predicted molar refractivity (Wildman–Crippen MR) is 76.3 cm³/mol. The van der Waals surface area contributed by atoms with Crippen molar-refractivity contribution in [1.82, 2.24) is 5.32 Å². The number of amides is 1. The number of aryl methyl sites for hydroxylation is 1. The highest BCUT2D eigenvalue weighted by Crippen LogP contribution is 2.12. The molecule has 1 rings (SSSR count). The van der Waals surface area contributed by atoms with Crippen molar-refractivity contribution in [3.8, 4) is 0 Å². The van der Waals surface area contributed by atoms with Gasteiger partial charge in [0.2, 0.25) is 5.91 Å². The molecule has 0 saturated heterocycles. The molecule has 0 aliphatic heterocycles. The van der Waals surface area contributed by atoms with Crippen molar-refractivity contribution in [3.63, 3.8) is 0 Å². The third-order valence-electron chi connectivity index (χ3n) is 2.84. The molecule has 1 aromatic rings. The zero-order valence-corrected chi connectivity index (χ0v) is 12.0. The minimum atomic E-state index is -0.783. The quantitative estimate of drug-likeness (QED) is 0.732. The first-order valence-corrected chi connectivity index (χ1v) is 7.49. The summed E-state index contributed by atoms with van der Waals surface area (Å²) in [6.07, 6.45) is 3.81. The molecule has 0 aliphatic rings. The number of carbonyl (C=O) groups is 2. The van der Waals surface area contributed by atoms with E-state index in [1.807, 2.05) is 18.4 Å². The van der Waals surface area contributed by atoms with Crippen molar-refractivity contribution in [1.29, 1.82) is 0 Å². The fourth-order valence-electron chi connectivity index (χ4n) is 1.86. The molecule has 0 aromatic carbocycles. The maximum atomic E-state index is 11.7. The third-order valence-corrected chi connectivity index (χ3v) is 3.78. The van der Waals surface area contributed by atoms with Crippen LogP contribution in [0.15, 0.2) is 17.5 Å². The molecule has 2 N–H and O–H groups in total. The van der Waals surface area contributed by atoms with Crippen LogP contribution in [0.1, 0.15) is 43.9 Å². The van der Waals surface area contributed by atoms with Crippen molar-refractivity contribution >= 4 is 23.2 Å². The Kier molecular flexibility index (Phi) is 7.18. The monoisotopic (exact) mass is 283 g/mol. The second-order valence-electron chi connectivity index (χ2n) is 4.69. The second kappa shape index (κ2) is 8.69. The lowest BCUT2D eigenvalue weighted by Gasteiger charge is -2.13. The average molecular weight is 283 g/mol. The molecule has 19 heavy (non-hydrogen) atoms. The van der Waals surface area contributed by atoms with Crippen molar-refractivity contribution in [2.75, 3.05) is 0 Å². The molecule has 1 amide bonds. The van der Waals surface area contributed by atoms with Crippen LogP contribution in [0.25, 0.3) is 0 Å². The van der Waals surface area contributed by atoms with Gasteiger partial charge in [0.1, 0.15) is 0 Å². The van der Waals surface area contributed by atoms with Crippen LogP contribution in [0, 0.1) is 0 Å². The Morgan fingerprint density at radius 3 is 2.79 bits per heavy atom. The van der Waals surface area contributed by atoms with Gasteiger partial charge in [0.15, 0.2) is 0 Å². The average Bonchev–Trinajstić information content (AvgIpc) is 2.81. The number of hydrogen-bond donors (Lipinski definition) is 2. The highest BCUT2D eigenvalue weighted by molar-refractivity contribution is 7.09. The Bertz CT molecular complexity index is 389. The Balaban J connectivity index is 2.07. The maximum Gasteiger partial charge on any atom is 0.303 e. The van der Waals surface area contributed by atoms with Crippen LogP contribution >= 0.6 is 11.3 Å². The molecule has 0 radical (unpaired) electrons. The molecule has 1 atom stereocenters. The number of carbonyl (C=O) groups excluding carboxylic acids is 1. The number of carboxylic acids is 1. The Morgan fingerprint density at radius 2 is 2.16 bits per heavy atom. The smallest absolute Gasteiger partial charge is 0.303 e. The topological polar surface area (TPSA) is 66.4 Å². The van der Waals surface area contributed by atoms with Crippen molar-refractivity contribution in [3.05, 3.63) is 22.4 Å². The van der Waals surface area contributed by atoms with E-state index in [1.165, 1.54) is 4.88 Å². The van der Waals surface area contributed by atoms with E-state index in [0.717, 1.165) is 12.8 Å². The molecule has 5 heteroatoms. The van der Waals surface area contributed by atoms with Crippen molar-refractivity contribution in [2.24, 2.45) is 0 Å². The van der Waals surface area contributed by atoms with E-state index in [9.17, 15) is 9.59 Å². The fraction of sp³-hybridized carbons (Fsp3) is 0.571. The van der Waals surface area contributed by atoms with Gasteiger partial charge in [-0.2, -0.15) is 0 Å². The van der Waals surface area contributed by atoms with Gasteiger partial charge in [-0.25, -0.2) is 0 Å². The Morgan fingerprint density at radius 1 is 1.37 bits per heavy atom. The standard InChI is InChI=1S/C14H21NO3S/c1-11(5-2-9-14(17)18)15-13(16)8-3-6-12-7-4-10-19-12/h4,7,10-11H,2-3,5-6,8-9H2,1H3,(H,15,16)(H,17,18). The summed E-state index contributed by atoms with van der Waals surface area (Å²) in [6.45, 7) is 1.92. The summed E-state index contributed by atoms with van der Waals surface area (Å²) >= 11 is 1.71. The highest BCUT2D eigenvalue weighted by Gasteiger charge is 2.08. The highest BCUT2D eigenvalue weighted by atomic mass is 32.1. The molecule has 0 saturated carbocycles. The zero-order valence-electron chi connectivity index (χ0n) is 11.2. The SMILES string of the molecule is CC(CCCC(=O)O)NC(=O)CCCc1cccs1. The van der Waals surface area contributed by atoms with E-state index in [2.05, 4.69) is 11.4 Å². The summed E-state index contributed by atoms with van der Waals surface area (Å²) in [5.41, 5.74) is 0. The van der Waals surface area contributed by atoms with Crippen molar-refractivity contribution in [2.45, 2.75) is 51.5 Å². The van der Waals surface area contributed by atoms with Crippen LogP contribution in [-0.2, 0) is 16.0 Å². The minimum Gasteiger partial charge on any atom is -0.481 e. The molecular weight excluding hydrogens is 262 g/mol. The Hall–Kier alpha value is -1.36. The van der Waals surface area contributed by atoms with Gasteiger partial charge in [-0.1, -0.05) is 6.07 Å². The first-order chi connectivity index (χ1) is 9.08. The van der Waals surface area contributed by atoms with E-state index in [4.69, 9.17) is 5.11 Å². The van der Waals surface area contributed by atoms with Gasteiger partial charge < -0.3 is 10.4 Å². The lowest BCUT2D eigenvalue weighted by Crippen LogP contribution is -2.32. The summed E-state index contributed by atoms with van der Waals surface area (Å²) in [5.74, 6) is -0.728. The molecule has 4 nitrogen and oxygen atoms in total. The molecule has 1 unspecified atom stereocenters. The lowest BCUT2D eigenvalue weighted by atomic mass is 10.1. The van der Waals surface area contributed by atoms with Crippen LogP contribution in [-0.4, -0.2) is 23.0 Å². The number of thiophene rings is 1. The van der Waals surface area contributed by atoms with Crippen LogP contribution in [0.2, 0.25) is 0 Å². The number of rotatable bonds is 9. The summed E-state index contributed by atoms with van der Waals surface area (Å²) in [5, 5.41) is 13.5. The first-order valence-electron chi connectivity index (χ1n) is 6.61. The van der Waals surface area contributed by atoms with Crippen LogP contribution in [0.4, 0.5) is 0 Å². The molecule has 0 spiro atoms. The van der Waals surface area contributed by atoms with Gasteiger partial charge in [-0.3, -0.25) is 9.59 Å². The molecule has 0 bridgehead atoms. The van der Waals surface area contributed by atoms with Gasteiger partial charge in [-0.05, 0) is 44.1 Å². The fourth-order valence-corrected chi connectivity index (χ4v) is 2.61. The summed E-state index contributed by atoms with van der Waals surface area (Å²) < 4.78 is 0. The van der Waals surface area contributed by atoms with Gasteiger partial charge in [0.05, 0.1) is 0 Å². The third kappa shape index (κ3) is 7.62. The van der Waals surface area contributed by atoms with E-state index in [0.29, 0.717) is 19.3 Å². The van der Waals surface area contributed by atoms with E-state index in [-0.39, 0.29) is 18.4 Å². The summed E-state index contributed by atoms with van der Waals surface area (Å²) in [6, 6.07) is 4.15. The minimum absolute atomic E-state index is 0.0496. The van der Waals surface area contributed by atoms with Gasteiger partial charge >= 0.3 is 5.97 Å². The summed E-state index contributed by atoms with van der Waals surface area (Å²) in [4.78, 5) is 23.3. The molecular formula is C14H21NO3S.